The summed E-state index contributed by atoms with van der Waals surface area (Å²) in [6.45, 7) is -0.0698. The topological polar surface area (TPSA) is 95.9 Å². The number of aliphatic hydroxyl groups is 1. The molecule has 0 saturated heterocycles. The van der Waals surface area contributed by atoms with Crippen molar-refractivity contribution >= 4 is 17.7 Å². The normalized spacial score (nSPS) is 14.5. The highest BCUT2D eigenvalue weighted by Gasteiger charge is 2.42. The minimum Gasteiger partial charge on any atom is -0.497 e. The van der Waals surface area contributed by atoms with Crippen molar-refractivity contribution in [3.05, 3.63) is 101 Å². The van der Waals surface area contributed by atoms with Gasteiger partial charge in [0.15, 0.2) is 0 Å². The summed E-state index contributed by atoms with van der Waals surface area (Å²) in [6, 6.07) is 21.5. The number of ether oxygens (including phenoxy) is 1. The number of nitrogens with zero attached hydrogens (tertiary/aromatic N) is 1. The lowest BCUT2D eigenvalue weighted by Crippen LogP contribution is -2.51. The Kier molecular flexibility index (Phi) is 6.51. The summed E-state index contributed by atoms with van der Waals surface area (Å²) in [5.41, 5.74) is 1.99. The van der Waals surface area contributed by atoms with E-state index in [0.29, 0.717) is 11.3 Å². The molecule has 0 spiro atoms. The molecule has 33 heavy (non-hydrogen) atoms. The fourth-order valence-corrected chi connectivity index (χ4v) is 3.89. The summed E-state index contributed by atoms with van der Waals surface area (Å²) in [7, 11) is 1.55. The number of rotatable bonds is 8. The monoisotopic (exact) mass is 444 g/mol. The van der Waals surface area contributed by atoms with Crippen LogP contribution in [0.15, 0.2) is 78.9 Å². The van der Waals surface area contributed by atoms with Crippen LogP contribution in [0.25, 0.3) is 0 Å². The number of amides is 3. The maximum Gasteiger partial charge on any atom is 0.262 e. The van der Waals surface area contributed by atoms with Gasteiger partial charge in [0.2, 0.25) is 5.91 Å². The highest BCUT2D eigenvalue weighted by atomic mass is 16.5. The molecule has 2 N–H and O–H groups in total. The van der Waals surface area contributed by atoms with Crippen LogP contribution in [0.1, 0.15) is 37.9 Å². The number of fused-ring (bicyclic) bond motifs is 1. The van der Waals surface area contributed by atoms with E-state index in [0.717, 1.165) is 10.5 Å². The van der Waals surface area contributed by atoms with Crippen LogP contribution in [0.4, 0.5) is 0 Å². The van der Waals surface area contributed by atoms with Crippen LogP contribution in [-0.2, 0) is 11.2 Å². The molecule has 7 heteroatoms. The predicted octanol–water partition coefficient (Wildman–Crippen LogP) is 2.75. The second-order valence-corrected chi connectivity index (χ2v) is 7.77. The van der Waals surface area contributed by atoms with E-state index < -0.39 is 29.9 Å². The average molecular weight is 444 g/mol. The highest BCUT2D eigenvalue weighted by molar-refractivity contribution is 6.22. The molecule has 0 saturated carbocycles. The van der Waals surface area contributed by atoms with Crippen molar-refractivity contribution in [2.45, 2.75) is 18.6 Å². The van der Waals surface area contributed by atoms with E-state index in [9.17, 15) is 19.5 Å². The first-order valence-electron chi connectivity index (χ1n) is 10.6. The highest BCUT2D eigenvalue weighted by Crippen LogP contribution is 2.26. The predicted molar refractivity (Wildman–Crippen MR) is 122 cm³/mol. The average Bonchev–Trinajstić information content (AvgIpc) is 3.11. The van der Waals surface area contributed by atoms with Crippen molar-refractivity contribution in [2.24, 2.45) is 0 Å². The number of carbonyl (C=O) groups excluding carboxylic acids is 3. The van der Waals surface area contributed by atoms with Gasteiger partial charge in [-0.25, -0.2) is 0 Å². The van der Waals surface area contributed by atoms with Gasteiger partial charge in [0.05, 0.1) is 24.3 Å². The number of nitrogens with one attached hydrogen (secondary N) is 1. The molecule has 1 aliphatic heterocycles. The Labute approximate surface area is 191 Å². The van der Waals surface area contributed by atoms with E-state index in [1.165, 1.54) is 0 Å². The number of imide groups is 1. The van der Waals surface area contributed by atoms with E-state index in [1.54, 1.807) is 55.6 Å². The number of carbonyl (C=O) groups is 3. The fourth-order valence-electron chi connectivity index (χ4n) is 3.89. The molecule has 7 nitrogen and oxygen atoms in total. The minimum atomic E-state index is -1.05. The molecule has 168 valence electrons. The molecular weight excluding hydrogens is 420 g/mol. The standard InChI is InChI=1S/C26H24N2O5/c1-33-19-13-11-18(12-14-19)23(29)16-27-24(30)22(15-17-7-3-2-4-8-17)28-25(31)20-9-5-6-10-21(20)26(28)32/h2-14,22-23,29H,15-16H2,1H3,(H,27,30). The molecular formula is C26H24N2O5. The Hall–Kier alpha value is -3.97. The van der Waals surface area contributed by atoms with Crippen molar-refractivity contribution in [3.8, 4) is 5.75 Å². The molecule has 3 aromatic rings. The quantitative estimate of drug-likeness (QED) is 0.521. The largest absolute Gasteiger partial charge is 0.497 e. The summed E-state index contributed by atoms with van der Waals surface area (Å²) >= 11 is 0. The summed E-state index contributed by atoms with van der Waals surface area (Å²) in [4.78, 5) is 40.3. The minimum absolute atomic E-state index is 0.0698. The van der Waals surface area contributed by atoms with Gasteiger partial charge in [0.1, 0.15) is 11.8 Å². The van der Waals surface area contributed by atoms with Crippen molar-refractivity contribution in [2.75, 3.05) is 13.7 Å². The lowest BCUT2D eigenvalue weighted by atomic mass is 10.0. The van der Waals surface area contributed by atoms with Crippen LogP contribution in [-0.4, -0.2) is 47.4 Å². The molecule has 1 aliphatic rings. The van der Waals surface area contributed by atoms with E-state index in [4.69, 9.17) is 4.74 Å². The van der Waals surface area contributed by atoms with Gasteiger partial charge in [-0.3, -0.25) is 19.3 Å². The maximum atomic E-state index is 13.2. The SMILES string of the molecule is COc1ccc(C(O)CNC(=O)C(Cc2ccccc2)N2C(=O)c3ccccc3C2=O)cc1. The van der Waals surface area contributed by atoms with Gasteiger partial charge in [0.25, 0.3) is 11.8 Å². The Morgan fingerprint density at radius 2 is 1.48 bits per heavy atom. The molecule has 0 bridgehead atoms. The number of benzene rings is 3. The molecule has 0 aromatic heterocycles. The molecule has 2 atom stereocenters. The van der Waals surface area contributed by atoms with Crippen molar-refractivity contribution in [1.82, 2.24) is 10.2 Å². The zero-order valence-electron chi connectivity index (χ0n) is 18.1. The summed E-state index contributed by atoms with van der Waals surface area (Å²) in [5, 5.41) is 13.2. The zero-order valence-corrected chi connectivity index (χ0v) is 18.1. The Morgan fingerprint density at radius 3 is 2.06 bits per heavy atom. The molecule has 0 radical (unpaired) electrons. The van der Waals surface area contributed by atoms with E-state index in [-0.39, 0.29) is 24.1 Å². The molecule has 0 aliphatic carbocycles. The Balaban J connectivity index is 1.54. The van der Waals surface area contributed by atoms with Crippen LogP contribution < -0.4 is 10.1 Å². The van der Waals surface area contributed by atoms with Crippen molar-refractivity contribution < 1.29 is 24.2 Å². The molecule has 2 unspecified atom stereocenters. The number of hydrogen-bond acceptors (Lipinski definition) is 5. The first-order chi connectivity index (χ1) is 16.0. The van der Waals surface area contributed by atoms with Crippen LogP contribution in [0.2, 0.25) is 0 Å². The lowest BCUT2D eigenvalue weighted by Gasteiger charge is -2.26. The number of hydrogen-bond donors (Lipinski definition) is 2. The van der Waals surface area contributed by atoms with Gasteiger partial charge in [-0.2, -0.15) is 0 Å². The molecule has 3 aromatic carbocycles. The Bertz CT molecular complexity index is 1130. The Morgan fingerprint density at radius 1 is 0.909 bits per heavy atom. The van der Waals surface area contributed by atoms with Crippen LogP contribution in [0.5, 0.6) is 5.75 Å². The van der Waals surface area contributed by atoms with Gasteiger partial charge in [-0.05, 0) is 35.4 Å². The third-order valence-corrected chi connectivity index (χ3v) is 5.68. The van der Waals surface area contributed by atoms with Crippen molar-refractivity contribution in [3.63, 3.8) is 0 Å². The number of aliphatic hydroxyl groups excluding tert-OH is 1. The molecule has 0 fully saturated rings. The van der Waals surface area contributed by atoms with E-state index >= 15 is 0 Å². The van der Waals surface area contributed by atoms with Gasteiger partial charge < -0.3 is 15.2 Å². The smallest absolute Gasteiger partial charge is 0.262 e. The van der Waals surface area contributed by atoms with Gasteiger partial charge >= 0.3 is 0 Å². The molecule has 1 heterocycles. The maximum absolute atomic E-state index is 13.2. The molecule has 3 amide bonds. The third kappa shape index (κ3) is 4.63. The van der Waals surface area contributed by atoms with Gasteiger partial charge in [-0.15, -0.1) is 0 Å². The summed E-state index contributed by atoms with van der Waals surface area (Å²) < 4.78 is 5.12. The fraction of sp³-hybridized carbons (Fsp3) is 0.192. The van der Waals surface area contributed by atoms with Gasteiger partial charge in [0, 0.05) is 13.0 Å². The van der Waals surface area contributed by atoms with Crippen LogP contribution in [0.3, 0.4) is 0 Å². The first kappa shape index (κ1) is 22.2. The summed E-state index contributed by atoms with van der Waals surface area (Å²) in [5.74, 6) is -0.853. The number of methoxy groups -OCH3 is 1. The van der Waals surface area contributed by atoms with Crippen LogP contribution >= 0.6 is 0 Å². The first-order valence-corrected chi connectivity index (χ1v) is 10.6. The second-order valence-electron chi connectivity index (χ2n) is 7.77. The third-order valence-electron chi connectivity index (χ3n) is 5.68. The van der Waals surface area contributed by atoms with Crippen molar-refractivity contribution in [1.29, 1.82) is 0 Å². The lowest BCUT2D eigenvalue weighted by molar-refractivity contribution is -0.125. The van der Waals surface area contributed by atoms with Gasteiger partial charge in [-0.1, -0.05) is 54.6 Å². The zero-order chi connectivity index (χ0) is 23.4. The molecule has 4 rings (SSSR count). The second kappa shape index (κ2) is 9.67. The van der Waals surface area contributed by atoms with E-state index in [2.05, 4.69) is 5.32 Å². The van der Waals surface area contributed by atoms with E-state index in [1.807, 2.05) is 30.3 Å². The summed E-state index contributed by atoms with van der Waals surface area (Å²) in [6.07, 6.45) is -0.795. The van der Waals surface area contributed by atoms with Crippen LogP contribution in [0, 0.1) is 0 Å².